The zero-order chi connectivity index (χ0) is 23.3. The number of aliphatic hydroxyl groups excluding tert-OH is 1. The first-order valence-corrected chi connectivity index (χ1v) is 15.9. The number of fused-ring (bicyclic) bond motifs is 1. The van der Waals surface area contributed by atoms with E-state index in [0.29, 0.717) is 6.61 Å². The summed E-state index contributed by atoms with van der Waals surface area (Å²) >= 11 is 0. The minimum atomic E-state index is -1.13. The highest BCUT2D eigenvalue weighted by molar-refractivity contribution is 6.76. The number of likely N-dealkylation sites (tertiary alicyclic amines) is 1. The monoisotopic (exact) mass is 466 g/mol. The van der Waals surface area contributed by atoms with Crippen molar-refractivity contribution in [3.63, 3.8) is 0 Å². The van der Waals surface area contributed by atoms with Crippen molar-refractivity contribution in [2.24, 2.45) is 0 Å². The molecule has 1 aliphatic heterocycles. The van der Waals surface area contributed by atoms with Crippen LogP contribution in [-0.2, 0) is 24.6 Å². The van der Waals surface area contributed by atoms with Crippen molar-refractivity contribution < 1.29 is 9.84 Å². The van der Waals surface area contributed by atoms with Gasteiger partial charge in [-0.2, -0.15) is 0 Å². The summed E-state index contributed by atoms with van der Waals surface area (Å²) in [4.78, 5) is 7.12. The smallest absolute Gasteiger partial charge is 0.144 e. The first kappa shape index (κ1) is 23.9. The lowest BCUT2D eigenvalue weighted by Gasteiger charge is -2.37. The summed E-state index contributed by atoms with van der Waals surface area (Å²) in [6, 6.07) is 16.0. The molecule has 3 heterocycles. The molecule has 0 radical (unpaired) electrons. The predicted octanol–water partition coefficient (Wildman–Crippen LogP) is 5.27. The van der Waals surface area contributed by atoms with Gasteiger partial charge < -0.3 is 19.7 Å². The summed E-state index contributed by atoms with van der Waals surface area (Å²) in [5.74, 6) is 0. The second-order valence-electron chi connectivity index (χ2n) is 10.3. The van der Waals surface area contributed by atoms with Gasteiger partial charge in [-0.15, -0.1) is 0 Å². The van der Waals surface area contributed by atoms with Crippen molar-refractivity contribution in [2.45, 2.75) is 71.0 Å². The average Bonchev–Trinajstić information content (AvgIpc) is 3.16. The molecule has 2 aromatic heterocycles. The number of nitrogens with zero attached hydrogens (tertiary/aromatic N) is 3. The molecule has 0 saturated carbocycles. The van der Waals surface area contributed by atoms with Crippen molar-refractivity contribution in [3.8, 4) is 0 Å². The normalized spacial score (nSPS) is 17.5. The van der Waals surface area contributed by atoms with E-state index in [1.54, 1.807) is 0 Å². The van der Waals surface area contributed by atoms with Crippen LogP contribution in [-0.4, -0.2) is 46.9 Å². The molecule has 33 heavy (non-hydrogen) atoms. The van der Waals surface area contributed by atoms with Gasteiger partial charge in [-0.25, -0.2) is 4.98 Å². The Hall–Kier alpha value is -2.19. The summed E-state index contributed by atoms with van der Waals surface area (Å²) in [5, 5.41) is 14.9. The van der Waals surface area contributed by atoms with Gasteiger partial charge >= 0.3 is 0 Å². The van der Waals surface area contributed by atoms with Gasteiger partial charge in [-0.05, 0) is 43.0 Å². The number of rotatable bonds is 10. The van der Waals surface area contributed by atoms with Crippen LogP contribution in [0.25, 0.3) is 11.0 Å². The van der Waals surface area contributed by atoms with Crippen molar-refractivity contribution in [2.75, 3.05) is 18.5 Å². The molecule has 6 nitrogen and oxygen atoms in total. The van der Waals surface area contributed by atoms with Crippen LogP contribution in [0.1, 0.15) is 30.5 Å². The van der Waals surface area contributed by atoms with E-state index >= 15 is 0 Å². The molecule has 1 unspecified atom stereocenters. The lowest BCUT2D eigenvalue weighted by atomic mass is 10.1. The molecule has 1 fully saturated rings. The summed E-state index contributed by atoms with van der Waals surface area (Å²) in [5.41, 5.74) is 4.18. The molecule has 0 aliphatic carbocycles. The fraction of sp³-hybridized carbons (Fsp3) is 0.500. The van der Waals surface area contributed by atoms with Crippen LogP contribution in [0, 0.1) is 0 Å². The minimum absolute atomic E-state index is 0.101. The number of piperidine rings is 1. The van der Waals surface area contributed by atoms with Gasteiger partial charge in [0.05, 0.1) is 12.8 Å². The van der Waals surface area contributed by atoms with Crippen molar-refractivity contribution in [1.82, 2.24) is 14.5 Å². The van der Waals surface area contributed by atoms with Crippen LogP contribution in [0.15, 0.2) is 48.7 Å². The highest BCUT2D eigenvalue weighted by atomic mass is 28.3. The third-order valence-corrected chi connectivity index (χ3v) is 8.14. The molecular weight excluding hydrogens is 428 g/mol. The Kier molecular flexibility index (Phi) is 7.85. The number of ether oxygens (including phenoxy) is 1. The van der Waals surface area contributed by atoms with Gasteiger partial charge in [-0.3, -0.25) is 4.90 Å². The number of aliphatic hydroxyl groups is 1. The first-order valence-electron chi connectivity index (χ1n) is 12.1. The Bertz CT molecular complexity index is 1030. The van der Waals surface area contributed by atoms with Gasteiger partial charge in [0.25, 0.3) is 0 Å². The molecule has 2 N–H and O–H groups in total. The lowest BCUT2D eigenvalue weighted by Crippen LogP contribution is -2.43. The molecule has 0 amide bonds. The van der Waals surface area contributed by atoms with Crippen LogP contribution in [0.4, 0.5) is 5.69 Å². The van der Waals surface area contributed by atoms with Gasteiger partial charge in [0.2, 0.25) is 0 Å². The van der Waals surface area contributed by atoms with Crippen LogP contribution < -0.4 is 5.32 Å². The Balaban J connectivity index is 1.51. The van der Waals surface area contributed by atoms with E-state index in [2.05, 4.69) is 77.3 Å². The van der Waals surface area contributed by atoms with E-state index in [1.165, 1.54) is 18.4 Å². The summed E-state index contributed by atoms with van der Waals surface area (Å²) < 4.78 is 7.85. The number of aromatic nitrogens is 2. The van der Waals surface area contributed by atoms with E-state index in [0.717, 1.165) is 54.6 Å². The van der Waals surface area contributed by atoms with Crippen LogP contribution in [0.3, 0.4) is 0 Å². The number of nitrogens with one attached hydrogen (secondary N) is 1. The van der Waals surface area contributed by atoms with E-state index in [-0.39, 0.29) is 12.9 Å². The van der Waals surface area contributed by atoms with Crippen molar-refractivity contribution in [1.29, 1.82) is 0 Å². The highest BCUT2D eigenvalue weighted by Gasteiger charge is 2.24. The molecular formula is C26H38N4O2Si. The first-order chi connectivity index (χ1) is 15.9. The molecule has 3 aromatic rings. The quantitative estimate of drug-likeness (QED) is 0.315. The third-order valence-electron chi connectivity index (χ3n) is 6.43. The number of hydrogen-bond acceptors (Lipinski definition) is 5. The second kappa shape index (κ2) is 10.8. The molecule has 0 spiro atoms. The summed E-state index contributed by atoms with van der Waals surface area (Å²) in [6.07, 6.45) is 5.68. The SMILES string of the molecule is C[Si](C)(C)CCOCc1cc2c(NC3CCCCN3Cc3ccccc3)ccnc2n1CO. The zero-order valence-corrected chi connectivity index (χ0v) is 21.3. The van der Waals surface area contributed by atoms with E-state index in [1.807, 2.05) is 10.8 Å². The second-order valence-corrected chi connectivity index (χ2v) is 15.9. The van der Waals surface area contributed by atoms with Crippen LogP contribution in [0.2, 0.25) is 25.7 Å². The number of hydrogen-bond donors (Lipinski definition) is 2. The Morgan fingerprint density at radius 1 is 1.15 bits per heavy atom. The van der Waals surface area contributed by atoms with Crippen LogP contribution in [0.5, 0.6) is 0 Å². The molecule has 1 atom stereocenters. The van der Waals surface area contributed by atoms with Gasteiger partial charge in [-0.1, -0.05) is 50.0 Å². The lowest BCUT2D eigenvalue weighted by molar-refractivity contribution is 0.120. The molecule has 0 bridgehead atoms. The van der Waals surface area contributed by atoms with Gasteiger partial charge in [0, 0.05) is 50.7 Å². The predicted molar refractivity (Wildman–Crippen MR) is 138 cm³/mol. The molecule has 178 valence electrons. The number of anilines is 1. The van der Waals surface area contributed by atoms with Gasteiger partial charge in [0.1, 0.15) is 12.4 Å². The highest BCUT2D eigenvalue weighted by Crippen LogP contribution is 2.29. The Morgan fingerprint density at radius 2 is 1.97 bits per heavy atom. The fourth-order valence-corrected chi connectivity index (χ4v) is 5.26. The molecule has 4 rings (SSSR count). The van der Waals surface area contributed by atoms with E-state index in [9.17, 15) is 5.11 Å². The maximum atomic E-state index is 10.1. The Morgan fingerprint density at radius 3 is 2.73 bits per heavy atom. The maximum absolute atomic E-state index is 10.1. The third kappa shape index (κ3) is 6.23. The standard InChI is InChI=1S/C26H38N4O2Si/c1-33(2,3)16-15-32-19-22-17-23-24(12-13-27-26(23)30(22)20-31)28-25-11-7-8-14-29(25)18-21-9-5-4-6-10-21/h4-6,9-10,12-13,17,25,31H,7-8,11,14-16,18-20H2,1-3H3,(H,27,28). The molecule has 7 heteroatoms. The van der Waals surface area contributed by atoms with Crippen LogP contribution >= 0.6 is 0 Å². The summed E-state index contributed by atoms with van der Waals surface area (Å²) in [6.45, 7) is 10.3. The molecule has 1 aliphatic rings. The average molecular weight is 467 g/mol. The fourth-order valence-electron chi connectivity index (χ4n) is 4.50. The van der Waals surface area contributed by atoms with E-state index in [4.69, 9.17) is 4.74 Å². The van der Waals surface area contributed by atoms with Gasteiger partial charge in [0.15, 0.2) is 0 Å². The van der Waals surface area contributed by atoms with Crippen molar-refractivity contribution in [3.05, 3.63) is 59.9 Å². The summed E-state index contributed by atoms with van der Waals surface area (Å²) in [7, 11) is -1.13. The largest absolute Gasteiger partial charge is 0.376 e. The minimum Gasteiger partial charge on any atom is -0.376 e. The Labute approximate surface area is 198 Å². The number of benzene rings is 1. The van der Waals surface area contributed by atoms with E-state index < -0.39 is 8.07 Å². The molecule has 1 aromatic carbocycles. The zero-order valence-electron chi connectivity index (χ0n) is 20.3. The number of pyridine rings is 1. The maximum Gasteiger partial charge on any atom is 0.144 e. The van der Waals surface area contributed by atoms with Crippen molar-refractivity contribution >= 4 is 24.8 Å². The topological polar surface area (TPSA) is 62.5 Å². The molecule has 1 saturated heterocycles.